The maximum absolute atomic E-state index is 7.35. The molecule has 0 aromatic heterocycles. The van der Waals surface area contributed by atoms with Gasteiger partial charge in [0.2, 0.25) is 0 Å². The SMILES string of the molecule is C[PH+](C)C[PH+](c1ccccc1)c1ccccc1.[Ag+].[Ag+].[C-]#Cc1cc2ccccc2c2ccccc12.[C-]#Cc1cc2ccccc2c2ccccc12. The van der Waals surface area contributed by atoms with Crippen LogP contribution in [0.4, 0.5) is 0 Å². The molecule has 0 atom stereocenters. The van der Waals surface area contributed by atoms with E-state index in [4.69, 9.17) is 12.8 Å². The largest absolute Gasteiger partial charge is 1.00 e. The van der Waals surface area contributed by atoms with Gasteiger partial charge in [-0.3, -0.25) is 11.8 Å². The van der Waals surface area contributed by atoms with Crippen LogP contribution in [0.15, 0.2) is 170 Å². The second kappa shape index (κ2) is 19.8. The molecule has 8 rings (SSSR count). The van der Waals surface area contributed by atoms with Gasteiger partial charge in [0, 0.05) is 21.3 Å². The van der Waals surface area contributed by atoms with Crippen molar-refractivity contribution in [2.24, 2.45) is 0 Å². The van der Waals surface area contributed by atoms with E-state index in [1.807, 2.05) is 72.8 Å². The van der Waals surface area contributed by atoms with Crippen molar-refractivity contribution in [1.29, 1.82) is 0 Å². The summed E-state index contributed by atoms with van der Waals surface area (Å²) in [5, 5.41) is 12.5. The minimum Gasteiger partial charge on any atom is -0.366 e. The van der Waals surface area contributed by atoms with E-state index in [9.17, 15) is 0 Å². The van der Waals surface area contributed by atoms with Gasteiger partial charge in [-0.1, -0.05) is 144 Å². The summed E-state index contributed by atoms with van der Waals surface area (Å²) in [5.41, 5.74) is 1.71. The summed E-state index contributed by atoms with van der Waals surface area (Å²) < 4.78 is 0. The van der Waals surface area contributed by atoms with Gasteiger partial charge < -0.3 is 12.8 Å². The third-order valence-corrected chi connectivity index (χ3v) is 14.9. The number of benzene rings is 8. The topological polar surface area (TPSA) is 0 Å². The Kier molecular flexibility index (Phi) is 15.5. The van der Waals surface area contributed by atoms with Gasteiger partial charge in [-0.2, -0.15) is 0 Å². The fourth-order valence-electron chi connectivity index (χ4n) is 6.32. The van der Waals surface area contributed by atoms with Crippen molar-refractivity contribution in [2.75, 3.05) is 19.2 Å². The molecule has 51 heavy (non-hydrogen) atoms. The summed E-state index contributed by atoms with van der Waals surface area (Å²) >= 11 is 0. The zero-order valence-electron chi connectivity index (χ0n) is 28.5. The van der Waals surface area contributed by atoms with Gasteiger partial charge in [0.05, 0.1) is 0 Å². The van der Waals surface area contributed by atoms with Gasteiger partial charge in [0.1, 0.15) is 18.5 Å². The molecule has 0 aliphatic heterocycles. The first-order chi connectivity index (χ1) is 24.1. The van der Waals surface area contributed by atoms with Crippen LogP contribution in [0, 0.1) is 24.7 Å². The molecular formula is C47H38Ag2P2+2. The quantitative estimate of drug-likeness (QED) is 0.0543. The van der Waals surface area contributed by atoms with Gasteiger partial charge >= 0.3 is 44.8 Å². The molecule has 0 amide bonds. The van der Waals surface area contributed by atoms with Gasteiger partial charge in [-0.25, -0.2) is 0 Å². The molecule has 0 bridgehead atoms. The van der Waals surface area contributed by atoms with E-state index in [0.717, 1.165) is 32.7 Å². The van der Waals surface area contributed by atoms with E-state index < -0.39 is 7.92 Å². The van der Waals surface area contributed by atoms with Crippen LogP contribution in [-0.2, 0) is 44.8 Å². The second-order valence-corrected chi connectivity index (χ2v) is 18.2. The maximum Gasteiger partial charge on any atom is 1.00 e. The molecule has 0 unspecified atom stereocenters. The molecule has 0 radical (unpaired) electrons. The van der Waals surface area contributed by atoms with Crippen molar-refractivity contribution in [3.05, 3.63) is 194 Å². The predicted octanol–water partition coefficient (Wildman–Crippen LogP) is 11.1. The van der Waals surface area contributed by atoms with Crippen LogP contribution in [-0.4, -0.2) is 19.2 Å². The van der Waals surface area contributed by atoms with Crippen molar-refractivity contribution in [3.63, 3.8) is 0 Å². The van der Waals surface area contributed by atoms with Gasteiger partial charge in [-0.05, 0) is 56.6 Å². The molecule has 0 saturated carbocycles. The van der Waals surface area contributed by atoms with E-state index in [1.165, 1.54) is 27.4 Å². The van der Waals surface area contributed by atoms with E-state index in [1.54, 1.807) is 10.6 Å². The monoisotopic (exact) mass is 878 g/mol. The molecule has 0 N–H and O–H groups in total. The van der Waals surface area contributed by atoms with Gasteiger partial charge in [-0.15, -0.1) is 23.3 Å². The van der Waals surface area contributed by atoms with Crippen LogP contribution < -0.4 is 10.6 Å². The molecule has 256 valence electrons. The third kappa shape index (κ3) is 9.78. The number of hydrogen-bond donors (Lipinski definition) is 0. The number of fused-ring (bicyclic) bond motifs is 6. The van der Waals surface area contributed by atoms with E-state index >= 15 is 0 Å². The standard InChI is InChI=1S/2C16H9.C15H18P2.2Ag/c2*1-2-12-11-13-7-3-4-9-15(13)16-10-6-5-8-14(12)16;1-16(2)13-17(14-9-5-3-6-10-14)15-11-7-4-8-12-15;;/h2*3-11H;3-12H,13H2,1-2H3;;/q2*-1;;2*+1/p+2. The third-order valence-electron chi connectivity index (χ3n) is 8.58. The van der Waals surface area contributed by atoms with E-state index in [0.29, 0.717) is 0 Å². The van der Waals surface area contributed by atoms with Crippen molar-refractivity contribution in [2.45, 2.75) is 0 Å². The van der Waals surface area contributed by atoms with E-state index in [-0.39, 0.29) is 52.7 Å². The van der Waals surface area contributed by atoms with E-state index in [2.05, 4.69) is 122 Å². The first kappa shape index (κ1) is 40.0. The predicted molar refractivity (Wildman–Crippen MR) is 221 cm³/mol. The molecule has 8 aromatic carbocycles. The van der Waals surface area contributed by atoms with Crippen LogP contribution >= 0.6 is 15.8 Å². The molecule has 0 saturated heterocycles. The Morgan fingerprint density at radius 2 is 0.725 bits per heavy atom. The van der Waals surface area contributed by atoms with Crippen molar-refractivity contribution in [1.82, 2.24) is 0 Å². The van der Waals surface area contributed by atoms with Crippen molar-refractivity contribution in [3.8, 4) is 11.8 Å². The molecule has 4 heteroatoms. The molecule has 0 heterocycles. The van der Waals surface area contributed by atoms with Gasteiger partial charge in [0.25, 0.3) is 0 Å². The van der Waals surface area contributed by atoms with Crippen LogP contribution in [0.2, 0.25) is 0 Å². The zero-order chi connectivity index (χ0) is 34.0. The first-order valence-corrected chi connectivity index (χ1v) is 20.9. The summed E-state index contributed by atoms with van der Waals surface area (Å²) in [6.45, 7) is 4.84. The van der Waals surface area contributed by atoms with Crippen LogP contribution in [0.3, 0.4) is 0 Å². The molecule has 0 nitrogen and oxygen atoms in total. The first-order valence-electron chi connectivity index (χ1n) is 16.5. The Bertz CT molecular complexity index is 2260. The number of rotatable bonds is 4. The Labute approximate surface area is 336 Å². The average molecular weight is 881 g/mol. The summed E-state index contributed by atoms with van der Waals surface area (Å²) in [6.07, 6.45) is 14.7. The summed E-state index contributed by atoms with van der Waals surface area (Å²) in [5.74, 6) is 6.43. The normalized spacial score (nSPS) is 10.2. The summed E-state index contributed by atoms with van der Waals surface area (Å²) in [7, 11) is -0.736. The molecule has 0 spiro atoms. The summed E-state index contributed by atoms with van der Waals surface area (Å²) in [6, 6.07) is 58.9. The molecule has 0 aliphatic rings. The van der Waals surface area contributed by atoms with Gasteiger partial charge in [0.15, 0.2) is 5.90 Å². The fourth-order valence-corrected chi connectivity index (χ4v) is 12.3. The second-order valence-electron chi connectivity index (χ2n) is 12.2. The van der Waals surface area contributed by atoms with Crippen molar-refractivity contribution < 1.29 is 44.8 Å². The molecule has 0 aliphatic carbocycles. The molecule has 8 aromatic rings. The molecular weight excluding hydrogens is 842 g/mol. The summed E-state index contributed by atoms with van der Waals surface area (Å²) in [4.78, 5) is 0. The van der Waals surface area contributed by atoms with Crippen LogP contribution in [0.1, 0.15) is 11.1 Å². The Hall–Kier alpha value is -3.74. The number of hydrogen-bond acceptors (Lipinski definition) is 0. The Balaban J connectivity index is 0.000000168. The smallest absolute Gasteiger partial charge is 0.366 e. The Morgan fingerprint density at radius 3 is 1.08 bits per heavy atom. The zero-order valence-corrected chi connectivity index (χ0v) is 33.4. The maximum atomic E-state index is 7.35. The average Bonchev–Trinajstić information content (AvgIpc) is 3.17. The minimum absolute atomic E-state index is 0. The van der Waals surface area contributed by atoms with Crippen LogP contribution in [0.5, 0.6) is 0 Å². The minimum atomic E-state index is -0.554. The van der Waals surface area contributed by atoms with Crippen LogP contribution in [0.25, 0.3) is 43.1 Å². The Morgan fingerprint density at radius 1 is 0.412 bits per heavy atom. The van der Waals surface area contributed by atoms with Crippen molar-refractivity contribution >= 4 is 69.5 Å². The molecule has 0 fully saturated rings. The fraction of sp³-hybridized carbons (Fsp3) is 0.0638.